The van der Waals surface area contributed by atoms with Crippen LogP contribution in [0.4, 0.5) is 0 Å². The van der Waals surface area contributed by atoms with Crippen LogP contribution in [0.15, 0.2) is 4.99 Å². The Morgan fingerprint density at radius 1 is 1.45 bits per heavy atom. The zero-order valence-corrected chi connectivity index (χ0v) is 10.4. The van der Waals surface area contributed by atoms with Gasteiger partial charge in [0.2, 0.25) is 0 Å². The van der Waals surface area contributed by atoms with Crippen molar-refractivity contribution < 1.29 is 19.4 Å². The predicted molar refractivity (Wildman–Crippen MR) is 45.2 cm³/mol. The molecule has 0 bridgehead atoms. The average molecular weight is 325 g/mol. The van der Waals surface area contributed by atoms with Crippen LogP contribution < -0.4 is 11.1 Å². The molecule has 0 aliphatic rings. The monoisotopic (exact) mass is 325 g/mol. The van der Waals surface area contributed by atoms with Gasteiger partial charge >= 0.3 is 78.6 Å². The topological polar surface area (TPSA) is 50.4 Å². The van der Waals surface area contributed by atoms with Crippen molar-refractivity contribution in [1.29, 1.82) is 0 Å². The quantitative estimate of drug-likeness (QED) is 0.541. The Hall–Kier alpha value is -0.172. The van der Waals surface area contributed by atoms with Gasteiger partial charge < -0.3 is 0 Å². The molecule has 0 aromatic rings. The number of aliphatic imine (C=N–C) groups is 1. The number of guanidine groups is 1. The summed E-state index contributed by atoms with van der Waals surface area (Å²) < 4.78 is 1.13. The van der Waals surface area contributed by atoms with Crippen LogP contribution in [0.25, 0.3) is 0 Å². The van der Waals surface area contributed by atoms with Crippen molar-refractivity contribution in [3.63, 3.8) is 0 Å². The van der Waals surface area contributed by atoms with Crippen LogP contribution in [0.5, 0.6) is 0 Å². The fourth-order valence-corrected chi connectivity index (χ4v) is 0.945. The molecule has 0 spiro atoms. The van der Waals surface area contributed by atoms with E-state index in [1.165, 1.54) is 19.4 Å². The second kappa shape index (κ2) is 4.01. The molecule has 0 heterocycles. The number of nitrogens with one attached hydrogen (secondary N) is 1. The Labute approximate surface area is 78.9 Å². The van der Waals surface area contributed by atoms with E-state index in [2.05, 4.69) is 10.3 Å². The minimum absolute atomic E-state index is 0.0954. The first-order chi connectivity index (χ1) is 4.81. The molecule has 0 saturated carbocycles. The molecule has 64 valence electrons. The van der Waals surface area contributed by atoms with Crippen LogP contribution in [0.3, 0.4) is 0 Å². The van der Waals surface area contributed by atoms with Crippen molar-refractivity contribution in [3.05, 3.63) is 0 Å². The summed E-state index contributed by atoms with van der Waals surface area (Å²) in [7, 11) is 0. The van der Waals surface area contributed by atoms with Gasteiger partial charge in [-0.3, -0.25) is 0 Å². The summed E-state index contributed by atoms with van der Waals surface area (Å²) in [5.74, 6) is 0.505. The first kappa shape index (κ1) is 10.8. The van der Waals surface area contributed by atoms with Crippen LogP contribution in [0.1, 0.15) is 27.7 Å². The third kappa shape index (κ3) is 7.73. The summed E-state index contributed by atoms with van der Waals surface area (Å²) in [4.78, 5) is 4.23. The molecule has 0 aromatic heterocycles. The van der Waals surface area contributed by atoms with Crippen molar-refractivity contribution in [2.45, 2.75) is 33.2 Å². The van der Waals surface area contributed by atoms with Crippen LogP contribution in [-0.2, 0) is 19.4 Å². The predicted octanol–water partition coefficient (Wildman–Crippen LogP) is 0.386. The second-order valence-electron chi connectivity index (χ2n) is 3.35. The summed E-state index contributed by atoms with van der Waals surface area (Å²) in [5.41, 5.74) is 5.50. The third-order valence-electron chi connectivity index (χ3n) is 0.760. The van der Waals surface area contributed by atoms with Gasteiger partial charge in [0.15, 0.2) is 0 Å². The van der Waals surface area contributed by atoms with E-state index in [4.69, 9.17) is 5.73 Å². The van der Waals surface area contributed by atoms with Crippen LogP contribution in [-0.4, -0.2) is 15.5 Å². The Bertz CT molecular complexity index is 179. The number of hydrogen-bond donors (Lipinski definition) is 2. The van der Waals surface area contributed by atoms with E-state index in [1.807, 2.05) is 27.7 Å². The molecule has 0 radical (unpaired) electrons. The molecule has 0 saturated heterocycles. The van der Waals surface area contributed by atoms with Gasteiger partial charge in [-0.1, -0.05) is 0 Å². The summed E-state index contributed by atoms with van der Waals surface area (Å²) in [5, 5.41) is 2.98. The van der Waals surface area contributed by atoms with Crippen LogP contribution >= 0.6 is 0 Å². The van der Waals surface area contributed by atoms with E-state index in [-0.39, 0.29) is 5.54 Å². The van der Waals surface area contributed by atoms with Crippen LogP contribution in [0.2, 0.25) is 0 Å². The van der Waals surface area contributed by atoms with Gasteiger partial charge in [-0.05, 0) is 0 Å². The van der Waals surface area contributed by atoms with E-state index < -0.39 is 0 Å². The fraction of sp³-hybridized carbons (Fsp3) is 0.714. The molecular weight excluding hydrogens is 310 g/mol. The minimum atomic E-state index is -0.0954. The number of nitrogens with two attached hydrogens (primary N) is 1. The SMILES string of the molecule is C[C](=[W])NC(N)=NC(C)(C)C. The maximum atomic E-state index is 5.59. The van der Waals surface area contributed by atoms with Gasteiger partial charge in [0.1, 0.15) is 0 Å². The zero-order valence-electron chi connectivity index (χ0n) is 7.43. The number of hydrogen-bond acceptors (Lipinski definition) is 1. The third-order valence-corrected chi connectivity index (χ3v) is 1.13. The van der Waals surface area contributed by atoms with Gasteiger partial charge in [-0.25, -0.2) is 0 Å². The van der Waals surface area contributed by atoms with Crippen molar-refractivity contribution in [2.24, 2.45) is 10.7 Å². The summed E-state index contributed by atoms with van der Waals surface area (Å²) in [6.07, 6.45) is 0. The fourth-order valence-electron chi connectivity index (χ4n) is 0.570. The molecule has 0 aliphatic heterocycles. The Morgan fingerprint density at radius 2 is 1.91 bits per heavy atom. The van der Waals surface area contributed by atoms with Gasteiger partial charge in [0, 0.05) is 0 Å². The molecule has 0 aromatic carbocycles. The van der Waals surface area contributed by atoms with Crippen molar-refractivity contribution >= 4 is 9.98 Å². The summed E-state index contributed by atoms with van der Waals surface area (Å²) in [6.45, 7) is 8.03. The second-order valence-corrected chi connectivity index (χ2v) is 5.55. The zero-order chi connectivity index (χ0) is 9.07. The first-order valence-corrected chi connectivity index (χ1v) is 4.91. The van der Waals surface area contributed by atoms with Gasteiger partial charge in [-0.2, -0.15) is 0 Å². The van der Waals surface area contributed by atoms with Gasteiger partial charge in [-0.15, -0.1) is 0 Å². The molecule has 0 aliphatic carbocycles. The first-order valence-electron chi connectivity index (χ1n) is 3.44. The number of rotatable bonds is 1. The van der Waals surface area contributed by atoms with E-state index in [9.17, 15) is 0 Å². The molecule has 11 heavy (non-hydrogen) atoms. The Kier molecular flexibility index (Phi) is 3.94. The Balaban J connectivity index is 4.12. The van der Waals surface area contributed by atoms with Crippen molar-refractivity contribution in [1.82, 2.24) is 5.32 Å². The normalized spacial score (nSPS) is 12.9. The van der Waals surface area contributed by atoms with Crippen molar-refractivity contribution in [2.75, 3.05) is 0 Å². The molecule has 4 heteroatoms. The molecule has 0 unspecified atom stereocenters. The molecular formula is C7H15N3W. The standard InChI is InChI=1S/C7H15N3.W/c1-5-9-6(8)10-7(2,3)4;/h1-4H3,(H3,8,9,10);. The Morgan fingerprint density at radius 3 is 2.18 bits per heavy atom. The summed E-state index contributed by atoms with van der Waals surface area (Å²) in [6, 6.07) is 0. The maximum absolute atomic E-state index is 5.59. The molecule has 0 amide bonds. The van der Waals surface area contributed by atoms with E-state index >= 15 is 0 Å². The molecule has 3 N–H and O–H groups in total. The molecule has 0 rings (SSSR count). The molecule has 0 fully saturated rings. The van der Waals surface area contributed by atoms with E-state index in [0.717, 1.165) is 4.02 Å². The van der Waals surface area contributed by atoms with Crippen molar-refractivity contribution in [3.8, 4) is 0 Å². The average Bonchev–Trinajstić information content (AvgIpc) is 1.53. The van der Waals surface area contributed by atoms with E-state index in [0.29, 0.717) is 5.96 Å². The van der Waals surface area contributed by atoms with Gasteiger partial charge in [0.25, 0.3) is 0 Å². The summed E-state index contributed by atoms with van der Waals surface area (Å²) >= 11 is 1.38. The molecule has 3 nitrogen and oxygen atoms in total. The number of nitrogens with zero attached hydrogens (tertiary/aromatic N) is 1. The van der Waals surface area contributed by atoms with Crippen LogP contribution in [0, 0.1) is 0 Å². The van der Waals surface area contributed by atoms with Gasteiger partial charge in [0.05, 0.1) is 0 Å². The van der Waals surface area contributed by atoms with E-state index in [1.54, 1.807) is 0 Å². The molecule has 0 atom stereocenters.